The predicted octanol–water partition coefficient (Wildman–Crippen LogP) is -9.54. The number of hydrogen-bond donors (Lipinski definition) is 21. The van der Waals surface area contributed by atoms with Crippen LogP contribution in [0.1, 0.15) is 21.5 Å². The lowest BCUT2D eigenvalue weighted by Gasteiger charge is -2.67. The van der Waals surface area contributed by atoms with E-state index in [-0.39, 0.29) is 0 Å². The minimum atomic E-state index is -6.08. The van der Waals surface area contributed by atoms with Crippen molar-refractivity contribution < 1.29 is 122 Å². The Bertz CT molecular complexity index is 1690. The van der Waals surface area contributed by atoms with Gasteiger partial charge in [-0.05, 0) is 12.1 Å². The van der Waals surface area contributed by atoms with Crippen molar-refractivity contribution in [2.24, 2.45) is 0 Å². The topological polar surface area (TPSA) is 464 Å². The minimum absolute atomic E-state index is 0.463. The molecule has 1 unspecified atom stereocenters. The van der Waals surface area contributed by atoms with Crippen LogP contribution in [0.25, 0.3) is 0 Å². The van der Waals surface area contributed by atoms with Gasteiger partial charge in [-0.25, -0.2) is 0 Å². The fourth-order valence-electron chi connectivity index (χ4n) is 5.86. The number of likely N-dealkylation sites (tertiary alicyclic amines) is 1. The molecule has 49 heavy (non-hydrogen) atoms. The molecular weight excluding hydrogens is 686 g/mol. The number of aromatic hydroxyl groups is 5. The molecule has 0 saturated carbocycles. The Morgan fingerprint density at radius 1 is 0.612 bits per heavy atom. The maximum Gasteiger partial charge on any atom is 0.294 e. The Kier molecular flexibility index (Phi) is 7.77. The van der Waals surface area contributed by atoms with Crippen molar-refractivity contribution in [2.45, 2.75) is 52.1 Å². The van der Waals surface area contributed by atoms with Crippen LogP contribution in [-0.4, -0.2) is 173 Å². The molecule has 25 nitrogen and oxygen atoms in total. The van der Waals surface area contributed by atoms with E-state index in [9.17, 15) is 112 Å². The second-order valence-corrected chi connectivity index (χ2v) is 11.1. The first-order valence-corrected chi connectivity index (χ1v) is 12.7. The fraction of sp³-hybridized carbons (Fsp3) is 0.458. The molecular formula is C24H29NO24. The number of ether oxygens (including phenoxy) is 2. The summed E-state index contributed by atoms with van der Waals surface area (Å²) < 4.78 is 9.76. The molecule has 274 valence electrons. The van der Waals surface area contributed by atoms with E-state index in [1.54, 1.807) is 0 Å². The first-order chi connectivity index (χ1) is 21.8. The summed E-state index contributed by atoms with van der Waals surface area (Å²) in [5.41, 5.74) is -16.2. The third-order valence-electron chi connectivity index (χ3n) is 8.57. The Morgan fingerprint density at radius 2 is 0.980 bits per heavy atom. The second kappa shape index (κ2) is 10.1. The van der Waals surface area contributed by atoms with Gasteiger partial charge in [0.15, 0.2) is 23.0 Å². The number of carbonyl (C=O) groups excluding carboxylic acids is 1. The summed E-state index contributed by atoms with van der Waals surface area (Å²) in [7, 11) is 1.91. The monoisotopic (exact) mass is 715 g/mol. The number of phenols is 5. The molecule has 0 bridgehead atoms. The van der Waals surface area contributed by atoms with Crippen LogP contribution >= 0.6 is 0 Å². The van der Waals surface area contributed by atoms with Crippen molar-refractivity contribution in [1.29, 1.82) is 0 Å². The molecule has 2 aliphatic rings. The van der Waals surface area contributed by atoms with Gasteiger partial charge in [0.1, 0.15) is 5.56 Å². The van der Waals surface area contributed by atoms with E-state index >= 15 is 0 Å². The Hall–Kier alpha value is -3.97. The lowest BCUT2D eigenvalue weighted by molar-refractivity contribution is -0.650. The lowest BCUT2D eigenvalue weighted by Crippen LogP contribution is -3.00. The Balaban J connectivity index is 2.07. The number of rotatable bonds is 6. The minimum Gasteiger partial charge on any atom is -0.504 e. The zero-order valence-electron chi connectivity index (χ0n) is 24.2. The first-order valence-electron chi connectivity index (χ1n) is 12.7. The molecule has 21 N–H and O–H groups in total. The van der Waals surface area contributed by atoms with Crippen molar-refractivity contribution in [3.05, 3.63) is 28.8 Å². The van der Waals surface area contributed by atoms with E-state index in [0.29, 0.717) is 12.1 Å². The van der Waals surface area contributed by atoms with E-state index in [2.05, 4.69) is 0 Å². The molecule has 1 atom stereocenters. The molecule has 0 spiro atoms. The van der Waals surface area contributed by atoms with Crippen LogP contribution in [0.3, 0.4) is 0 Å². The zero-order valence-corrected chi connectivity index (χ0v) is 24.2. The van der Waals surface area contributed by atoms with Crippen molar-refractivity contribution in [1.82, 2.24) is 4.90 Å². The fourth-order valence-corrected chi connectivity index (χ4v) is 5.86. The Labute approximate surface area is 268 Å². The van der Waals surface area contributed by atoms with Crippen LogP contribution in [0.4, 0.5) is 0 Å². The highest BCUT2D eigenvalue weighted by Crippen LogP contribution is 2.63. The summed E-state index contributed by atoms with van der Waals surface area (Å²) >= 11 is 0. The molecule has 1 aliphatic carbocycles. The van der Waals surface area contributed by atoms with Crippen LogP contribution < -0.4 is 9.47 Å². The zero-order chi connectivity index (χ0) is 38.3. The number of carbonyl (C=O) groups is 1. The molecule has 2 aromatic rings. The van der Waals surface area contributed by atoms with Gasteiger partial charge >= 0.3 is 0 Å². The maximum absolute atomic E-state index is 13.5. The summed E-state index contributed by atoms with van der Waals surface area (Å²) in [5.74, 6) is -53.1. The van der Waals surface area contributed by atoms with Crippen LogP contribution in [0.5, 0.6) is 40.2 Å². The van der Waals surface area contributed by atoms with Gasteiger partial charge in [-0.15, -0.1) is 4.90 Å². The number of nitrogens with zero attached hydrogens (tertiary/aromatic N) is 1. The van der Waals surface area contributed by atoms with Crippen LogP contribution in [0.2, 0.25) is 0 Å². The largest absolute Gasteiger partial charge is 0.504 e. The van der Waals surface area contributed by atoms with Crippen molar-refractivity contribution >= 4 is 5.78 Å². The summed E-state index contributed by atoms with van der Waals surface area (Å²) in [4.78, 5) is 11.5. The molecule has 1 saturated heterocycles. The third kappa shape index (κ3) is 3.80. The molecule has 0 aromatic heterocycles. The van der Waals surface area contributed by atoms with Crippen LogP contribution in [-0.2, 0) is 11.7 Å². The highest BCUT2D eigenvalue weighted by atomic mass is 16.7. The number of fused-ring (bicyclic) bond motifs is 1. The number of hydrogen-bond acceptors (Lipinski definition) is 25. The average molecular weight is 715 g/mol. The number of piperidine rings is 1. The summed E-state index contributed by atoms with van der Waals surface area (Å²) in [6.45, 7) is 0. The van der Waals surface area contributed by atoms with Crippen LogP contribution in [0, 0.1) is 0 Å². The van der Waals surface area contributed by atoms with Gasteiger partial charge in [0.25, 0.3) is 29.3 Å². The van der Waals surface area contributed by atoms with Gasteiger partial charge in [-0.1, -0.05) is 0 Å². The average Bonchev–Trinajstić information content (AvgIpc) is 3.13. The maximum atomic E-state index is 13.5. The molecule has 0 amide bonds. The van der Waals surface area contributed by atoms with Gasteiger partial charge in [-0.2, -0.15) is 0 Å². The number of benzene rings is 2. The van der Waals surface area contributed by atoms with Crippen LogP contribution in [0.15, 0.2) is 12.1 Å². The number of methoxy groups -OCH3 is 2. The quantitative estimate of drug-likeness (QED) is 0.0749. The van der Waals surface area contributed by atoms with Gasteiger partial charge in [0.2, 0.25) is 45.8 Å². The molecule has 4 rings (SSSR count). The predicted molar refractivity (Wildman–Crippen MR) is 138 cm³/mol. The Morgan fingerprint density at radius 3 is 1.37 bits per heavy atom. The normalized spacial score (nSPS) is 25.1. The van der Waals surface area contributed by atoms with Gasteiger partial charge in [0.05, 0.1) is 14.2 Å². The number of aliphatic hydroxyl groups is 16. The van der Waals surface area contributed by atoms with E-state index in [0.717, 1.165) is 14.2 Å². The van der Waals surface area contributed by atoms with Gasteiger partial charge < -0.3 is 117 Å². The van der Waals surface area contributed by atoms with Gasteiger partial charge in [-0.3, -0.25) is 4.79 Å². The van der Waals surface area contributed by atoms with Crippen molar-refractivity contribution in [2.75, 3.05) is 14.2 Å². The molecule has 2 aromatic carbocycles. The van der Waals surface area contributed by atoms with E-state index in [1.807, 2.05) is 0 Å². The van der Waals surface area contributed by atoms with E-state index in [1.165, 1.54) is 0 Å². The third-order valence-corrected chi connectivity index (χ3v) is 8.57. The number of ketones is 1. The van der Waals surface area contributed by atoms with E-state index < -0.39 is 120 Å². The molecule has 1 heterocycles. The summed E-state index contributed by atoms with van der Waals surface area (Å²) in [6.07, 6.45) is 0. The summed E-state index contributed by atoms with van der Waals surface area (Å²) in [6, 6.07) is 0.994. The van der Waals surface area contributed by atoms with Crippen molar-refractivity contribution in [3.63, 3.8) is 0 Å². The van der Waals surface area contributed by atoms with Crippen molar-refractivity contribution in [3.8, 4) is 40.2 Å². The second-order valence-electron chi connectivity index (χ2n) is 11.1. The highest BCUT2D eigenvalue weighted by molar-refractivity contribution is 6.09. The number of Topliss-reactive ketones (excluding diaryl/α,β-unsaturated/α-hetero) is 1. The number of phenolic OH excluding ortho intramolecular Hbond substituents is 5. The molecule has 0 radical (unpaired) electrons. The molecule has 1 fully saturated rings. The standard InChI is InChI=1S/C24H29NO24/c1-48-7-3-5-6(4-8(7)49-2)17(33,34)16(32,15(5)31)20(38,39)19(37)21(40,41)23(44,45)25(24(46,47)22(19,42)43)18(35,36)9-10(26)12(28)14(30)13(29)11(9)27/h3-4,26-30,32-47H,1-2H3. The first kappa shape index (κ1) is 37.8. The summed E-state index contributed by atoms with van der Waals surface area (Å²) in [5, 5.41) is 225. The van der Waals surface area contributed by atoms with Gasteiger partial charge in [0, 0.05) is 11.1 Å². The highest BCUT2D eigenvalue weighted by Gasteiger charge is 2.96. The molecule has 25 heteroatoms. The molecule has 1 aliphatic heterocycles. The smallest absolute Gasteiger partial charge is 0.294 e. The SMILES string of the molecule is COc1cc2c(cc1OC)C(O)(O)C(O)(C(O)(O)C1(O)C(O)(O)C(O)(O)N(C(O)(O)c3c(O)c(O)c(O)c(O)c3O)C(O)(O)C1(O)O)C2=O. The lowest BCUT2D eigenvalue weighted by atomic mass is 9.62. The van der Waals surface area contributed by atoms with E-state index in [4.69, 9.17) is 9.47 Å².